The van der Waals surface area contributed by atoms with Gasteiger partial charge in [-0.2, -0.15) is 13.2 Å². The van der Waals surface area contributed by atoms with Gasteiger partial charge in [0.05, 0.1) is 11.3 Å². The average molecular weight is 450 g/mol. The van der Waals surface area contributed by atoms with Crippen molar-refractivity contribution < 1.29 is 36.3 Å². The Balaban J connectivity index is 1.54. The maximum Gasteiger partial charge on any atom is 0.416 e. The summed E-state index contributed by atoms with van der Waals surface area (Å²) in [6.07, 6.45) is -4.53. The molecule has 0 atom stereocenters. The lowest BCUT2D eigenvalue weighted by Gasteiger charge is -2.11. The summed E-state index contributed by atoms with van der Waals surface area (Å²) < 4.78 is 70.0. The van der Waals surface area contributed by atoms with Crippen molar-refractivity contribution in [2.45, 2.75) is 6.18 Å². The minimum Gasteiger partial charge on any atom is -0.484 e. The molecule has 0 saturated carbocycles. The van der Waals surface area contributed by atoms with E-state index in [9.17, 15) is 31.5 Å². The number of carbonyl (C=O) groups excluding carboxylic acids is 2. The maximum atomic E-state index is 13.6. The molecule has 3 aromatic rings. The fourth-order valence-corrected chi connectivity index (χ4v) is 2.61. The van der Waals surface area contributed by atoms with Crippen molar-refractivity contribution >= 4 is 23.2 Å². The van der Waals surface area contributed by atoms with Crippen LogP contribution in [-0.4, -0.2) is 18.4 Å². The molecule has 0 aliphatic rings. The monoisotopic (exact) mass is 450 g/mol. The van der Waals surface area contributed by atoms with Crippen molar-refractivity contribution in [2.24, 2.45) is 0 Å². The second-order valence-electron chi connectivity index (χ2n) is 6.52. The zero-order valence-corrected chi connectivity index (χ0v) is 16.2. The van der Waals surface area contributed by atoms with E-state index in [2.05, 4.69) is 10.6 Å². The molecule has 0 fully saturated rings. The van der Waals surface area contributed by atoms with Crippen LogP contribution in [0.2, 0.25) is 0 Å². The Morgan fingerprint density at radius 3 is 2.25 bits per heavy atom. The van der Waals surface area contributed by atoms with Crippen molar-refractivity contribution in [3.8, 4) is 5.75 Å². The standard InChI is InChI=1S/C22H15F5N2O3/c23-15-6-9-19(18(24)11-15)29-21(31)13-4-7-17(8-5-13)32-12-20(30)28-16-3-1-2-14(10-16)22(25,26)27/h1-11H,12H2,(H,28,30)(H,29,31). The summed E-state index contributed by atoms with van der Waals surface area (Å²) in [6.45, 7) is -0.484. The lowest BCUT2D eigenvalue weighted by molar-refractivity contribution is -0.137. The van der Waals surface area contributed by atoms with Gasteiger partial charge in [0.2, 0.25) is 0 Å². The zero-order valence-electron chi connectivity index (χ0n) is 16.2. The summed E-state index contributed by atoms with van der Waals surface area (Å²) in [5.74, 6) is -2.82. The molecule has 0 spiro atoms. The SMILES string of the molecule is O=C(COc1ccc(C(=O)Nc2ccc(F)cc2F)cc1)Nc1cccc(C(F)(F)F)c1. The highest BCUT2D eigenvalue weighted by atomic mass is 19.4. The molecule has 2 amide bonds. The predicted octanol–water partition coefficient (Wildman–Crippen LogP) is 5.25. The molecule has 0 bridgehead atoms. The first kappa shape index (κ1) is 22.7. The first-order chi connectivity index (χ1) is 15.1. The molecular formula is C22H15F5N2O3. The average Bonchev–Trinajstić information content (AvgIpc) is 2.74. The number of nitrogens with one attached hydrogen (secondary N) is 2. The number of hydrogen-bond donors (Lipinski definition) is 2. The lowest BCUT2D eigenvalue weighted by Crippen LogP contribution is -2.20. The molecule has 166 valence electrons. The highest BCUT2D eigenvalue weighted by Gasteiger charge is 2.30. The van der Waals surface area contributed by atoms with E-state index >= 15 is 0 Å². The molecule has 32 heavy (non-hydrogen) atoms. The molecule has 0 aliphatic heterocycles. The maximum absolute atomic E-state index is 13.6. The van der Waals surface area contributed by atoms with Gasteiger partial charge in [-0.15, -0.1) is 0 Å². The second kappa shape index (κ2) is 9.46. The third-order valence-corrected chi connectivity index (χ3v) is 4.14. The van der Waals surface area contributed by atoms with Crippen molar-refractivity contribution in [1.82, 2.24) is 0 Å². The number of amides is 2. The van der Waals surface area contributed by atoms with Crippen LogP contribution in [0.15, 0.2) is 66.7 Å². The molecule has 0 unspecified atom stereocenters. The number of benzene rings is 3. The number of anilines is 2. The smallest absolute Gasteiger partial charge is 0.416 e. The number of carbonyl (C=O) groups is 2. The minimum absolute atomic E-state index is 0.0338. The molecule has 0 aliphatic carbocycles. The first-order valence-corrected chi connectivity index (χ1v) is 9.08. The van der Waals surface area contributed by atoms with E-state index in [0.717, 1.165) is 24.3 Å². The van der Waals surface area contributed by atoms with Crippen molar-refractivity contribution in [3.05, 3.63) is 89.5 Å². The molecule has 3 aromatic carbocycles. The molecule has 0 radical (unpaired) electrons. The lowest BCUT2D eigenvalue weighted by atomic mass is 10.2. The topological polar surface area (TPSA) is 67.4 Å². The van der Waals surface area contributed by atoms with Crippen LogP contribution >= 0.6 is 0 Å². The molecule has 2 N–H and O–H groups in total. The zero-order chi connectivity index (χ0) is 23.3. The Labute approximate surface area is 178 Å². The molecule has 3 rings (SSSR count). The van der Waals surface area contributed by atoms with Crippen LogP contribution in [0.25, 0.3) is 0 Å². The predicted molar refractivity (Wildman–Crippen MR) is 106 cm³/mol. The number of rotatable bonds is 6. The second-order valence-corrected chi connectivity index (χ2v) is 6.52. The minimum atomic E-state index is -4.53. The van der Waals surface area contributed by atoms with Gasteiger partial charge in [-0.05, 0) is 54.6 Å². The van der Waals surface area contributed by atoms with Crippen molar-refractivity contribution in [2.75, 3.05) is 17.2 Å². The fraction of sp³-hybridized carbons (Fsp3) is 0.0909. The van der Waals surface area contributed by atoms with Crippen LogP contribution in [0.3, 0.4) is 0 Å². The van der Waals surface area contributed by atoms with Crippen molar-refractivity contribution in [3.63, 3.8) is 0 Å². The first-order valence-electron chi connectivity index (χ1n) is 9.08. The Morgan fingerprint density at radius 1 is 0.875 bits per heavy atom. The molecular weight excluding hydrogens is 435 g/mol. The quantitative estimate of drug-likeness (QED) is 0.504. The Hall–Kier alpha value is -3.95. The van der Waals surface area contributed by atoms with Gasteiger partial charge >= 0.3 is 6.18 Å². The van der Waals surface area contributed by atoms with Gasteiger partial charge < -0.3 is 15.4 Å². The molecule has 0 aromatic heterocycles. The van der Waals surface area contributed by atoms with Crippen LogP contribution in [0, 0.1) is 11.6 Å². The largest absolute Gasteiger partial charge is 0.484 e. The highest BCUT2D eigenvalue weighted by Crippen LogP contribution is 2.30. The van der Waals surface area contributed by atoms with Crippen LogP contribution in [0.5, 0.6) is 5.75 Å². The van der Waals surface area contributed by atoms with Crippen LogP contribution in [0.4, 0.5) is 33.3 Å². The van der Waals surface area contributed by atoms with E-state index in [-0.39, 0.29) is 22.7 Å². The summed E-state index contributed by atoms with van der Waals surface area (Å²) in [4.78, 5) is 24.1. The van der Waals surface area contributed by atoms with E-state index in [0.29, 0.717) is 6.07 Å². The Morgan fingerprint density at radius 2 is 1.59 bits per heavy atom. The number of ether oxygens (including phenoxy) is 1. The van der Waals surface area contributed by atoms with Gasteiger partial charge in [0.15, 0.2) is 6.61 Å². The third kappa shape index (κ3) is 6.03. The summed E-state index contributed by atoms with van der Waals surface area (Å²) in [7, 11) is 0. The summed E-state index contributed by atoms with van der Waals surface area (Å²) in [5.41, 5.74) is -0.975. The van der Waals surface area contributed by atoms with Crippen LogP contribution < -0.4 is 15.4 Å². The van der Waals surface area contributed by atoms with Crippen molar-refractivity contribution in [1.29, 1.82) is 0 Å². The van der Waals surface area contributed by atoms with Gasteiger partial charge in [-0.3, -0.25) is 9.59 Å². The normalized spacial score (nSPS) is 11.0. The number of alkyl halides is 3. The molecule has 0 heterocycles. The summed E-state index contributed by atoms with van der Waals surface area (Å²) in [6, 6.07) is 12.4. The van der Waals surface area contributed by atoms with Gasteiger partial charge in [0, 0.05) is 17.3 Å². The van der Waals surface area contributed by atoms with Gasteiger partial charge in [0.1, 0.15) is 17.4 Å². The Bertz CT molecular complexity index is 1130. The Kier molecular flexibility index (Phi) is 6.72. The van der Waals surface area contributed by atoms with Crippen LogP contribution in [0.1, 0.15) is 15.9 Å². The summed E-state index contributed by atoms with van der Waals surface area (Å²) in [5, 5.41) is 4.60. The number of hydrogen-bond acceptors (Lipinski definition) is 3. The van der Waals surface area contributed by atoms with Gasteiger partial charge in [-0.1, -0.05) is 6.07 Å². The van der Waals surface area contributed by atoms with E-state index < -0.39 is 41.8 Å². The van der Waals surface area contributed by atoms with E-state index in [1.54, 1.807) is 0 Å². The highest BCUT2D eigenvalue weighted by molar-refractivity contribution is 6.04. The summed E-state index contributed by atoms with van der Waals surface area (Å²) >= 11 is 0. The molecule has 5 nitrogen and oxygen atoms in total. The third-order valence-electron chi connectivity index (χ3n) is 4.14. The fourth-order valence-electron chi connectivity index (χ4n) is 2.61. The van der Waals surface area contributed by atoms with Gasteiger partial charge in [0.25, 0.3) is 11.8 Å². The van der Waals surface area contributed by atoms with E-state index in [4.69, 9.17) is 4.74 Å². The molecule has 0 saturated heterocycles. The van der Waals surface area contributed by atoms with E-state index in [1.165, 1.54) is 36.4 Å². The van der Waals surface area contributed by atoms with Gasteiger partial charge in [-0.25, -0.2) is 8.78 Å². The van der Waals surface area contributed by atoms with Crippen LogP contribution in [-0.2, 0) is 11.0 Å². The molecule has 10 heteroatoms. The number of halogens is 5. The van der Waals surface area contributed by atoms with E-state index in [1.807, 2.05) is 0 Å².